The van der Waals surface area contributed by atoms with Crippen LogP contribution in [0.2, 0.25) is 0 Å². The lowest BCUT2D eigenvalue weighted by molar-refractivity contribution is 0.0696. The molecule has 150 valence electrons. The largest absolute Gasteiger partial charge is 0.478 e. The number of ketones is 1. The molecule has 0 bridgehead atoms. The number of fused-ring (bicyclic) bond motifs is 1. The van der Waals surface area contributed by atoms with E-state index in [9.17, 15) is 19.5 Å². The van der Waals surface area contributed by atoms with Crippen LogP contribution in [0.15, 0.2) is 58.5 Å². The Balaban J connectivity index is 1.97. The van der Waals surface area contributed by atoms with Crippen molar-refractivity contribution >= 4 is 34.4 Å². The van der Waals surface area contributed by atoms with Crippen LogP contribution < -0.4 is 5.56 Å². The molecule has 7 heteroatoms. The molecule has 0 saturated heterocycles. The Kier molecular flexibility index (Phi) is 6.82. The molecule has 2 aromatic carbocycles. The summed E-state index contributed by atoms with van der Waals surface area (Å²) in [6, 6.07) is 13.3. The number of carboxylic acid groups (broad SMARTS) is 1. The van der Waals surface area contributed by atoms with Crippen LogP contribution in [0, 0.1) is 0 Å². The molecule has 0 aliphatic carbocycles. The van der Waals surface area contributed by atoms with Gasteiger partial charge in [0.05, 0.1) is 22.2 Å². The minimum absolute atomic E-state index is 0.0515. The van der Waals surface area contributed by atoms with Gasteiger partial charge in [0.25, 0.3) is 5.56 Å². The number of aromatic nitrogens is 2. The summed E-state index contributed by atoms with van der Waals surface area (Å²) in [5.41, 5.74) is 0.798. The average Bonchev–Trinajstić information content (AvgIpc) is 2.74. The van der Waals surface area contributed by atoms with Crippen LogP contribution in [-0.4, -0.2) is 32.2 Å². The van der Waals surface area contributed by atoms with Gasteiger partial charge >= 0.3 is 5.97 Å². The van der Waals surface area contributed by atoms with Crippen molar-refractivity contribution in [2.75, 3.05) is 5.75 Å². The molecule has 0 amide bonds. The van der Waals surface area contributed by atoms with Gasteiger partial charge < -0.3 is 5.11 Å². The van der Waals surface area contributed by atoms with E-state index < -0.39 is 5.97 Å². The standard InChI is InChI=1S/C22H22N2O4S/c1-2-3-7-12-24-20(26)17-11-10-16(21(27)28)13-18(17)23-22(24)29-14-19(25)15-8-5-4-6-9-15/h4-6,8-11,13H,2-3,7,12,14H2,1H3,(H,27,28). The zero-order chi connectivity index (χ0) is 20.8. The summed E-state index contributed by atoms with van der Waals surface area (Å²) in [6.45, 7) is 2.60. The van der Waals surface area contributed by atoms with E-state index >= 15 is 0 Å². The van der Waals surface area contributed by atoms with Crippen LogP contribution in [0.3, 0.4) is 0 Å². The number of unbranched alkanes of at least 4 members (excludes halogenated alkanes) is 2. The Labute approximate surface area is 172 Å². The number of Topliss-reactive ketones (excluding diaryl/α,β-unsaturated/α-hetero) is 1. The highest BCUT2D eigenvalue weighted by atomic mass is 32.2. The van der Waals surface area contributed by atoms with Gasteiger partial charge in [-0.2, -0.15) is 0 Å². The van der Waals surface area contributed by atoms with Crippen molar-refractivity contribution in [2.24, 2.45) is 0 Å². The molecule has 0 spiro atoms. The first-order valence-corrected chi connectivity index (χ1v) is 10.5. The first-order chi connectivity index (χ1) is 14.0. The normalized spacial score (nSPS) is 10.9. The number of aromatic carboxylic acids is 1. The summed E-state index contributed by atoms with van der Waals surface area (Å²) < 4.78 is 1.60. The van der Waals surface area contributed by atoms with Gasteiger partial charge in [-0.05, 0) is 24.6 Å². The molecule has 0 atom stereocenters. The van der Waals surface area contributed by atoms with Crippen molar-refractivity contribution in [3.63, 3.8) is 0 Å². The summed E-state index contributed by atoms with van der Waals surface area (Å²) >= 11 is 1.21. The second-order valence-corrected chi connectivity index (χ2v) is 7.62. The second-order valence-electron chi connectivity index (χ2n) is 6.67. The molecule has 1 aromatic heterocycles. The van der Waals surface area contributed by atoms with Crippen LogP contribution in [0.1, 0.15) is 46.9 Å². The second kappa shape index (κ2) is 9.52. The lowest BCUT2D eigenvalue weighted by atomic mass is 10.1. The highest BCUT2D eigenvalue weighted by Gasteiger charge is 2.15. The molecular formula is C22H22N2O4S. The van der Waals surface area contributed by atoms with Gasteiger partial charge in [0, 0.05) is 12.1 Å². The van der Waals surface area contributed by atoms with Crippen molar-refractivity contribution in [3.05, 3.63) is 70.0 Å². The third-order valence-corrected chi connectivity index (χ3v) is 5.56. The molecule has 3 aromatic rings. The summed E-state index contributed by atoms with van der Waals surface area (Å²) in [4.78, 5) is 41.3. The van der Waals surface area contributed by atoms with Crippen molar-refractivity contribution in [1.82, 2.24) is 9.55 Å². The van der Waals surface area contributed by atoms with Crippen LogP contribution >= 0.6 is 11.8 Å². The Hall–Kier alpha value is -2.93. The number of thioether (sulfide) groups is 1. The molecular weight excluding hydrogens is 388 g/mol. The van der Waals surface area contributed by atoms with Crippen LogP contribution in [0.25, 0.3) is 10.9 Å². The molecule has 0 aliphatic rings. The molecule has 0 fully saturated rings. The smallest absolute Gasteiger partial charge is 0.335 e. The number of carbonyl (C=O) groups excluding carboxylic acids is 1. The molecule has 3 rings (SSSR count). The lowest BCUT2D eigenvalue weighted by Crippen LogP contribution is -2.24. The third kappa shape index (κ3) is 4.92. The minimum Gasteiger partial charge on any atom is -0.478 e. The van der Waals surface area contributed by atoms with Gasteiger partial charge in [-0.3, -0.25) is 14.2 Å². The van der Waals surface area contributed by atoms with E-state index in [1.54, 1.807) is 28.8 Å². The molecule has 0 unspecified atom stereocenters. The summed E-state index contributed by atoms with van der Waals surface area (Å²) in [6.07, 6.45) is 2.83. The van der Waals surface area contributed by atoms with E-state index in [1.165, 1.54) is 30.0 Å². The van der Waals surface area contributed by atoms with E-state index in [-0.39, 0.29) is 22.7 Å². The summed E-state index contributed by atoms with van der Waals surface area (Å²) in [5.74, 6) is -0.979. The van der Waals surface area contributed by atoms with E-state index in [4.69, 9.17) is 0 Å². The molecule has 0 radical (unpaired) electrons. The van der Waals surface area contributed by atoms with Gasteiger partial charge in [0.15, 0.2) is 10.9 Å². The fourth-order valence-corrected chi connectivity index (χ4v) is 3.92. The number of hydrogen-bond donors (Lipinski definition) is 1. The van der Waals surface area contributed by atoms with E-state index in [0.29, 0.717) is 28.2 Å². The number of nitrogens with zero attached hydrogens (tertiary/aromatic N) is 2. The van der Waals surface area contributed by atoms with Crippen LogP contribution in [0.5, 0.6) is 0 Å². The molecule has 1 heterocycles. The van der Waals surface area contributed by atoms with Gasteiger partial charge in [-0.1, -0.05) is 61.9 Å². The van der Waals surface area contributed by atoms with Gasteiger partial charge in [-0.15, -0.1) is 0 Å². The first-order valence-electron chi connectivity index (χ1n) is 9.50. The van der Waals surface area contributed by atoms with Crippen molar-refractivity contribution in [1.29, 1.82) is 0 Å². The number of carbonyl (C=O) groups is 2. The predicted molar refractivity (Wildman–Crippen MR) is 114 cm³/mol. The van der Waals surface area contributed by atoms with Crippen LogP contribution in [0.4, 0.5) is 0 Å². The third-order valence-electron chi connectivity index (χ3n) is 4.58. The topological polar surface area (TPSA) is 89.3 Å². The monoisotopic (exact) mass is 410 g/mol. The zero-order valence-electron chi connectivity index (χ0n) is 16.1. The predicted octanol–water partition coefficient (Wildman–Crippen LogP) is 4.26. The Morgan fingerprint density at radius 2 is 1.83 bits per heavy atom. The van der Waals surface area contributed by atoms with Gasteiger partial charge in [0.2, 0.25) is 0 Å². The lowest BCUT2D eigenvalue weighted by Gasteiger charge is -2.13. The highest BCUT2D eigenvalue weighted by molar-refractivity contribution is 7.99. The fraction of sp³-hybridized carbons (Fsp3) is 0.273. The summed E-state index contributed by atoms with van der Waals surface area (Å²) in [7, 11) is 0. The number of carboxylic acids is 1. The summed E-state index contributed by atoms with van der Waals surface area (Å²) in [5, 5.41) is 10.0. The molecule has 0 aliphatic heterocycles. The average molecular weight is 410 g/mol. The molecule has 6 nitrogen and oxygen atoms in total. The van der Waals surface area contributed by atoms with Crippen molar-refractivity contribution < 1.29 is 14.7 Å². The Morgan fingerprint density at radius 3 is 2.52 bits per heavy atom. The van der Waals surface area contributed by atoms with Gasteiger partial charge in [0.1, 0.15) is 0 Å². The fourth-order valence-electron chi connectivity index (χ4n) is 3.00. The van der Waals surface area contributed by atoms with Crippen molar-refractivity contribution in [2.45, 2.75) is 37.9 Å². The molecule has 0 saturated carbocycles. The molecule has 1 N–H and O–H groups in total. The van der Waals surface area contributed by atoms with E-state index in [1.807, 2.05) is 6.07 Å². The maximum Gasteiger partial charge on any atom is 0.335 e. The van der Waals surface area contributed by atoms with Crippen LogP contribution in [-0.2, 0) is 6.54 Å². The quantitative estimate of drug-likeness (QED) is 0.245. The number of hydrogen-bond acceptors (Lipinski definition) is 5. The zero-order valence-corrected chi connectivity index (χ0v) is 16.9. The van der Waals surface area contributed by atoms with E-state index in [0.717, 1.165) is 19.3 Å². The Bertz CT molecular complexity index is 1090. The number of rotatable bonds is 9. The van der Waals surface area contributed by atoms with E-state index in [2.05, 4.69) is 11.9 Å². The Morgan fingerprint density at radius 1 is 1.07 bits per heavy atom. The van der Waals surface area contributed by atoms with Gasteiger partial charge in [-0.25, -0.2) is 9.78 Å². The number of benzene rings is 2. The highest BCUT2D eigenvalue weighted by Crippen LogP contribution is 2.21. The maximum absolute atomic E-state index is 13.0. The molecule has 29 heavy (non-hydrogen) atoms. The minimum atomic E-state index is -1.07. The van der Waals surface area contributed by atoms with Crippen molar-refractivity contribution in [3.8, 4) is 0 Å². The maximum atomic E-state index is 13.0. The SMILES string of the molecule is CCCCCn1c(SCC(=O)c2ccccc2)nc2cc(C(=O)O)ccc2c1=O. The first kappa shape index (κ1) is 20.8.